The first-order valence-electron chi connectivity index (χ1n) is 1.43. The number of nitrogens with two attached hydrogens (primary N) is 1. The lowest BCUT2D eigenvalue weighted by Gasteiger charge is -2.30. The van der Waals surface area contributed by atoms with Crippen molar-refractivity contribution in [3.63, 3.8) is 0 Å². The molecule has 8 heteroatoms. The summed E-state index contributed by atoms with van der Waals surface area (Å²) in [6, 6.07) is 0. The third-order valence-electron chi connectivity index (χ3n) is 0.232. The van der Waals surface area contributed by atoms with Crippen molar-refractivity contribution in [1.29, 1.82) is 0 Å². The van der Waals surface area contributed by atoms with E-state index in [1.54, 1.807) is 0 Å². The van der Waals surface area contributed by atoms with Crippen molar-refractivity contribution in [2.75, 3.05) is 0 Å². The fraction of sp³-hybridized carbons (Fsp3) is 0. The van der Waals surface area contributed by atoms with E-state index in [-0.39, 0.29) is 0 Å². The maximum Gasteiger partial charge on any atom is 0.0241 e. The predicted octanol–water partition coefficient (Wildman–Crippen LogP) is -1.80. The van der Waals surface area contributed by atoms with Crippen LogP contribution in [0, 0.1) is 10.4 Å². The van der Waals surface area contributed by atoms with Gasteiger partial charge < -0.3 is 16.0 Å². The summed E-state index contributed by atoms with van der Waals surface area (Å²) in [5.74, 6) is 4.32. The minimum Gasteiger partial charge on any atom is -0.773 e. The molecular weight excluding hydrogens is 120 g/mol. The lowest BCUT2D eigenvalue weighted by atomic mass is 12.4. The second-order valence-electron chi connectivity index (χ2n) is 0.733. The summed E-state index contributed by atoms with van der Waals surface area (Å²) in [5, 5.41) is 25.5. The highest BCUT2D eigenvalue weighted by Crippen LogP contribution is 1.77. The molecule has 0 heterocycles. The molecule has 0 spiro atoms. The second-order valence-corrected chi connectivity index (χ2v) is 0.733. The first-order valence-corrected chi connectivity index (χ1v) is 1.43. The van der Waals surface area contributed by atoms with E-state index >= 15 is 0 Å². The van der Waals surface area contributed by atoms with E-state index in [9.17, 15) is 10.4 Å². The molecule has 0 radical (unpaired) electrons. The Hall–Kier alpha value is -0.320. The number of rotatable bonds is 3. The molecule has 0 aromatic heterocycles. The zero-order chi connectivity index (χ0) is 6.57. The van der Waals surface area contributed by atoms with Gasteiger partial charge in [0.2, 0.25) is 0 Å². The summed E-state index contributed by atoms with van der Waals surface area (Å²) in [5.41, 5.74) is 0.720. The summed E-state index contributed by atoms with van der Waals surface area (Å²) in [6.45, 7) is 0. The molecule has 0 aliphatic carbocycles. The smallest absolute Gasteiger partial charge is 0.0241 e. The molecule has 4 N–H and O–H groups in total. The Morgan fingerprint density at radius 2 is 2.25 bits per heavy atom. The average Bonchev–Trinajstić information content (AvgIpc) is 1.65. The molecule has 0 fully saturated rings. The van der Waals surface area contributed by atoms with Crippen molar-refractivity contribution in [3.8, 4) is 0 Å². The van der Waals surface area contributed by atoms with Crippen LogP contribution >= 0.6 is 0 Å². The van der Waals surface area contributed by atoms with E-state index in [2.05, 4.69) is 10.8 Å². The predicted molar refractivity (Wildman–Crippen MR) is 20.6 cm³/mol. The molecule has 0 saturated heterocycles. The van der Waals surface area contributed by atoms with Gasteiger partial charge in [-0.25, -0.2) is 5.84 Å². The molecule has 0 aromatic rings. The summed E-state index contributed by atoms with van der Waals surface area (Å²) in [4.78, 5) is 3.42. The molecule has 0 amide bonds. The van der Waals surface area contributed by atoms with Gasteiger partial charge in [0.25, 0.3) is 0 Å². The van der Waals surface area contributed by atoms with Gasteiger partial charge in [0, 0.05) is 5.34 Å². The molecule has 0 rings (SSSR count). The van der Waals surface area contributed by atoms with Gasteiger partial charge in [0.05, 0.1) is 0 Å². The van der Waals surface area contributed by atoms with Crippen LogP contribution in [-0.2, 0) is 4.94 Å². The van der Waals surface area contributed by atoms with E-state index < -0.39 is 10.7 Å². The van der Waals surface area contributed by atoms with Crippen molar-refractivity contribution < 1.29 is 10.1 Å². The van der Waals surface area contributed by atoms with Crippen LogP contribution in [0.2, 0.25) is 0 Å². The van der Waals surface area contributed by atoms with Gasteiger partial charge in [-0.3, -0.25) is 5.21 Å². The van der Waals surface area contributed by atoms with Crippen molar-refractivity contribution in [2.45, 2.75) is 0 Å². The molecule has 8 nitrogen and oxygen atoms in total. The number of nitrogens with zero attached hydrogens (tertiary/aromatic N) is 2. The van der Waals surface area contributed by atoms with E-state index in [1.165, 1.54) is 0 Å². The van der Waals surface area contributed by atoms with Gasteiger partial charge in [0.1, 0.15) is 0 Å². The number of nitrogens with one attached hydrogen (secondary N) is 1. The highest BCUT2D eigenvalue weighted by atomic mass is 17.1. The minimum atomic E-state index is -0.681. The number of hydrogen-bond donors (Lipinski definition) is 3. The lowest BCUT2D eigenvalue weighted by Crippen LogP contribution is -2.39. The molecule has 0 aliphatic rings. The first kappa shape index (κ1) is 7.68. The van der Waals surface area contributed by atoms with Gasteiger partial charge in [0.15, 0.2) is 0 Å². The van der Waals surface area contributed by atoms with E-state index in [4.69, 9.17) is 5.21 Å². The molecule has 0 saturated carbocycles. The lowest BCUT2D eigenvalue weighted by molar-refractivity contribution is -0.438. The number of hydrogen-bond acceptors (Lipinski definition) is 8. The van der Waals surface area contributed by atoms with Gasteiger partial charge in [-0.15, -0.1) is 0 Å². The number of hydrazine groups is 2. The maximum absolute atomic E-state index is 9.61. The Balaban J connectivity index is 3.10. The fourth-order valence-corrected chi connectivity index (χ4v) is 0.0926. The van der Waals surface area contributed by atoms with Crippen LogP contribution in [0.25, 0.3) is 0 Å². The van der Waals surface area contributed by atoms with Crippen molar-refractivity contribution >= 4 is 0 Å². The molecular formula is H4N4O4-2. The van der Waals surface area contributed by atoms with Crippen LogP contribution in [0.1, 0.15) is 0 Å². The zero-order valence-electron chi connectivity index (χ0n) is 3.64. The fourth-order valence-electron chi connectivity index (χ4n) is 0.0926. The van der Waals surface area contributed by atoms with Crippen molar-refractivity contribution in [2.24, 2.45) is 5.84 Å². The Labute approximate surface area is 44.0 Å². The molecule has 0 atom stereocenters. The Bertz CT molecular complexity index is 54.0. The van der Waals surface area contributed by atoms with Crippen LogP contribution < -0.4 is 11.4 Å². The third-order valence-corrected chi connectivity index (χ3v) is 0.232. The van der Waals surface area contributed by atoms with E-state index in [0.717, 1.165) is 5.59 Å². The third kappa shape index (κ3) is 3.86. The largest absolute Gasteiger partial charge is 0.773 e. The van der Waals surface area contributed by atoms with Crippen LogP contribution in [0.5, 0.6) is 0 Å². The van der Waals surface area contributed by atoms with Crippen LogP contribution in [0.4, 0.5) is 0 Å². The van der Waals surface area contributed by atoms with Gasteiger partial charge in [-0.05, 0) is 0 Å². The molecule has 0 unspecified atom stereocenters. The SMILES string of the molecule is NN(O)ON([O-])N[O-]. The van der Waals surface area contributed by atoms with E-state index in [1.807, 2.05) is 0 Å². The van der Waals surface area contributed by atoms with Gasteiger partial charge >= 0.3 is 0 Å². The monoisotopic (exact) mass is 124 g/mol. The molecule has 0 bridgehead atoms. The van der Waals surface area contributed by atoms with Gasteiger partial charge in [-0.2, -0.15) is 10.3 Å². The standard InChI is InChI=1S/H4N4O4/c1-3(6)8-4(7)2-5/h2,6H,1H2/q-2. The quantitative estimate of drug-likeness (QED) is 0.297. The summed E-state index contributed by atoms with van der Waals surface area (Å²) in [6.07, 6.45) is 0. The van der Waals surface area contributed by atoms with Crippen LogP contribution in [-0.4, -0.2) is 15.9 Å². The Kier molecular flexibility index (Phi) is 3.51. The molecule has 0 aromatic carbocycles. The molecule has 0 aliphatic heterocycles. The van der Waals surface area contributed by atoms with Gasteiger partial charge in [-0.1, -0.05) is 0 Å². The topological polar surface area (TPSA) is 120 Å². The molecule has 8 heavy (non-hydrogen) atoms. The minimum absolute atomic E-state index is 0.419. The highest BCUT2D eigenvalue weighted by Gasteiger charge is 1.87. The van der Waals surface area contributed by atoms with Crippen LogP contribution in [0.15, 0.2) is 0 Å². The Morgan fingerprint density at radius 1 is 1.75 bits per heavy atom. The van der Waals surface area contributed by atoms with E-state index in [0.29, 0.717) is 0 Å². The summed E-state index contributed by atoms with van der Waals surface area (Å²) >= 11 is 0. The summed E-state index contributed by atoms with van der Waals surface area (Å²) < 4.78 is 0. The normalized spacial score (nSPS) is 11.2. The summed E-state index contributed by atoms with van der Waals surface area (Å²) in [7, 11) is 0. The Morgan fingerprint density at radius 3 is 2.38 bits per heavy atom. The maximum atomic E-state index is 9.61. The average molecular weight is 124 g/mol. The highest BCUT2D eigenvalue weighted by molar-refractivity contribution is 4.29. The van der Waals surface area contributed by atoms with Crippen molar-refractivity contribution in [3.05, 3.63) is 10.4 Å². The second kappa shape index (κ2) is 3.65. The van der Waals surface area contributed by atoms with Crippen molar-refractivity contribution in [1.82, 2.24) is 16.3 Å². The zero-order valence-corrected chi connectivity index (χ0v) is 3.64. The van der Waals surface area contributed by atoms with Crippen LogP contribution in [0.3, 0.4) is 0 Å². The first-order chi connectivity index (χ1) is 3.66. The molecule has 50 valence electrons.